The van der Waals surface area contributed by atoms with Crippen LogP contribution in [-0.2, 0) is 23.4 Å². The first-order chi connectivity index (χ1) is 13.3. The fourth-order valence-electron chi connectivity index (χ4n) is 2.97. The summed E-state index contributed by atoms with van der Waals surface area (Å²) in [5.74, 6) is -0.113. The molecule has 3 amide bonds. The number of tetrazole rings is 1. The van der Waals surface area contributed by atoms with Crippen LogP contribution in [0, 0.1) is 0 Å². The third-order valence-corrected chi connectivity index (χ3v) is 4.56. The number of hydrogen-bond acceptors (Lipinski definition) is 6. The Bertz CT molecular complexity index is 857. The zero-order valence-corrected chi connectivity index (χ0v) is 15.4. The minimum Gasteiger partial charge on any atom is -0.435 e. The Morgan fingerprint density at radius 2 is 1.96 bits per heavy atom. The van der Waals surface area contributed by atoms with Gasteiger partial charge in [0.05, 0.1) is 6.54 Å². The van der Waals surface area contributed by atoms with Gasteiger partial charge >= 0.3 is 12.6 Å². The van der Waals surface area contributed by atoms with Crippen molar-refractivity contribution in [2.75, 3.05) is 0 Å². The van der Waals surface area contributed by atoms with Crippen LogP contribution in [0.15, 0.2) is 24.3 Å². The Kier molecular flexibility index (Phi) is 5.52. The molecule has 1 N–H and O–H groups in total. The molecule has 2 aromatic rings. The van der Waals surface area contributed by atoms with Crippen LogP contribution in [0.4, 0.5) is 13.6 Å². The van der Waals surface area contributed by atoms with Crippen LogP contribution in [0.1, 0.15) is 38.1 Å². The first-order valence-electron chi connectivity index (χ1n) is 8.79. The standard InChI is InChI=1S/C17H20F2N6O3/c1-3-4-9-25-13(21-22-23-25)10-24-14(26)17(2,20-16(24)27)11-5-7-12(8-6-11)28-15(18)19/h5-8,15H,3-4,9-10H2,1-2H3,(H,20,27)/t17-/m1/s1. The summed E-state index contributed by atoms with van der Waals surface area (Å²) in [6.07, 6.45) is 1.81. The van der Waals surface area contributed by atoms with Gasteiger partial charge in [-0.3, -0.25) is 9.69 Å². The van der Waals surface area contributed by atoms with E-state index in [2.05, 4.69) is 25.6 Å². The molecule has 1 atom stereocenters. The molecular formula is C17H20F2N6O3. The highest BCUT2D eigenvalue weighted by Gasteiger charge is 2.49. The molecule has 0 saturated carbocycles. The normalized spacial score (nSPS) is 19.4. The Morgan fingerprint density at radius 1 is 1.25 bits per heavy atom. The SMILES string of the molecule is CCCCn1nnnc1CN1C(=O)N[C@](C)(c2ccc(OC(F)F)cc2)C1=O. The summed E-state index contributed by atoms with van der Waals surface area (Å²) in [5, 5.41) is 14.1. The predicted octanol–water partition coefficient (Wildman–Crippen LogP) is 2.04. The minimum atomic E-state index is -2.94. The molecule has 1 saturated heterocycles. The number of halogens is 2. The Hall–Kier alpha value is -3.11. The minimum absolute atomic E-state index is 0.0360. The van der Waals surface area contributed by atoms with E-state index in [4.69, 9.17) is 0 Å². The number of carbonyl (C=O) groups is 2. The summed E-state index contributed by atoms with van der Waals surface area (Å²) in [6, 6.07) is 4.99. The number of ether oxygens (including phenoxy) is 1. The van der Waals surface area contributed by atoms with Crippen LogP contribution in [0.25, 0.3) is 0 Å². The summed E-state index contributed by atoms with van der Waals surface area (Å²) in [5.41, 5.74) is -0.886. The van der Waals surface area contributed by atoms with Gasteiger partial charge in [0.25, 0.3) is 5.91 Å². The average molecular weight is 394 g/mol. The van der Waals surface area contributed by atoms with Crippen molar-refractivity contribution >= 4 is 11.9 Å². The maximum atomic E-state index is 13.0. The molecule has 0 spiro atoms. The summed E-state index contributed by atoms with van der Waals surface area (Å²) < 4.78 is 30.5. The smallest absolute Gasteiger partial charge is 0.387 e. The van der Waals surface area contributed by atoms with Gasteiger partial charge in [-0.2, -0.15) is 8.78 Å². The van der Waals surface area contributed by atoms with Crippen LogP contribution in [0.3, 0.4) is 0 Å². The summed E-state index contributed by atoms with van der Waals surface area (Å²) in [7, 11) is 0. The van der Waals surface area contributed by atoms with E-state index in [1.54, 1.807) is 11.6 Å². The molecule has 1 aliphatic heterocycles. The number of nitrogens with one attached hydrogen (secondary N) is 1. The fraction of sp³-hybridized carbons (Fsp3) is 0.471. The second kappa shape index (κ2) is 7.87. The molecule has 28 heavy (non-hydrogen) atoms. The van der Waals surface area contributed by atoms with Crippen molar-refractivity contribution in [1.82, 2.24) is 30.4 Å². The van der Waals surface area contributed by atoms with Gasteiger partial charge < -0.3 is 10.1 Å². The lowest BCUT2D eigenvalue weighted by atomic mass is 9.92. The van der Waals surface area contributed by atoms with E-state index in [9.17, 15) is 18.4 Å². The van der Waals surface area contributed by atoms with E-state index in [0.717, 1.165) is 17.7 Å². The highest BCUT2D eigenvalue weighted by atomic mass is 19.3. The lowest BCUT2D eigenvalue weighted by molar-refractivity contribution is -0.131. The predicted molar refractivity (Wildman–Crippen MR) is 92.2 cm³/mol. The molecule has 0 radical (unpaired) electrons. The monoisotopic (exact) mass is 394 g/mol. The van der Waals surface area contributed by atoms with E-state index in [1.807, 2.05) is 6.92 Å². The van der Waals surface area contributed by atoms with Gasteiger partial charge in [-0.05, 0) is 41.5 Å². The summed E-state index contributed by atoms with van der Waals surface area (Å²) >= 11 is 0. The Morgan fingerprint density at radius 3 is 2.61 bits per heavy atom. The highest BCUT2D eigenvalue weighted by molar-refractivity contribution is 6.07. The second-order valence-corrected chi connectivity index (χ2v) is 6.52. The Balaban J connectivity index is 1.78. The second-order valence-electron chi connectivity index (χ2n) is 6.52. The molecule has 3 rings (SSSR count). The van der Waals surface area contributed by atoms with E-state index in [-0.39, 0.29) is 12.3 Å². The molecule has 0 bridgehead atoms. The number of alkyl halides is 2. The molecule has 1 aliphatic rings. The van der Waals surface area contributed by atoms with Crippen LogP contribution < -0.4 is 10.1 Å². The van der Waals surface area contributed by atoms with E-state index < -0.39 is 24.1 Å². The number of rotatable bonds is 8. The summed E-state index contributed by atoms with van der Waals surface area (Å²) in [4.78, 5) is 26.4. The van der Waals surface area contributed by atoms with Crippen LogP contribution in [0.5, 0.6) is 5.75 Å². The van der Waals surface area contributed by atoms with E-state index in [1.165, 1.54) is 24.3 Å². The number of urea groups is 1. The van der Waals surface area contributed by atoms with Crippen molar-refractivity contribution < 1.29 is 23.1 Å². The molecule has 9 nitrogen and oxygen atoms in total. The lowest BCUT2D eigenvalue weighted by Gasteiger charge is -2.22. The maximum absolute atomic E-state index is 13.0. The highest BCUT2D eigenvalue weighted by Crippen LogP contribution is 2.31. The zero-order valence-electron chi connectivity index (χ0n) is 15.4. The average Bonchev–Trinajstić information content (AvgIpc) is 3.18. The molecule has 150 valence electrons. The number of unbranched alkanes of at least 4 members (excludes halogenated alkanes) is 1. The van der Waals surface area contributed by atoms with Crippen molar-refractivity contribution in [2.24, 2.45) is 0 Å². The number of hydrogen-bond donors (Lipinski definition) is 1. The maximum Gasteiger partial charge on any atom is 0.387 e. The van der Waals surface area contributed by atoms with Crippen LogP contribution >= 0.6 is 0 Å². The first kappa shape index (κ1) is 19.6. The molecule has 11 heteroatoms. The lowest BCUT2D eigenvalue weighted by Crippen LogP contribution is -2.40. The van der Waals surface area contributed by atoms with Gasteiger partial charge in [0.1, 0.15) is 11.3 Å². The first-order valence-corrected chi connectivity index (χ1v) is 8.79. The number of amides is 3. The largest absolute Gasteiger partial charge is 0.435 e. The van der Waals surface area contributed by atoms with Gasteiger partial charge in [0.15, 0.2) is 5.82 Å². The molecule has 0 unspecified atom stereocenters. The van der Waals surface area contributed by atoms with Gasteiger partial charge in [0, 0.05) is 6.54 Å². The van der Waals surface area contributed by atoms with E-state index in [0.29, 0.717) is 17.9 Å². The number of benzene rings is 1. The van der Waals surface area contributed by atoms with Gasteiger partial charge in [0.2, 0.25) is 0 Å². The Labute approximate surface area is 159 Å². The number of carbonyl (C=O) groups excluding carboxylic acids is 2. The quantitative estimate of drug-likeness (QED) is 0.688. The molecule has 2 heterocycles. The number of aryl methyl sites for hydroxylation is 1. The fourth-order valence-corrected chi connectivity index (χ4v) is 2.97. The van der Waals surface area contributed by atoms with Crippen molar-refractivity contribution in [3.8, 4) is 5.75 Å². The van der Waals surface area contributed by atoms with Crippen molar-refractivity contribution in [3.05, 3.63) is 35.7 Å². The molecule has 1 aromatic heterocycles. The van der Waals surface area contributed by atoms with Crippen LogP contribution in [-0.4, -0.2) is 43.7 Å². The molecule has 0 aliphatic carbocycles. The summed E-state index contributed by atoms with van der Waals surface area (Å²) in [6.45, 7) is 1.17. The van der Waals surface area contributed by atoms with Crippen molar-refractivity contribution in [2.45, 2.75) is 51.9 Å². The van der Waals surface area contributed by atoms with Gasteiger partial charge in [-0.15, -0.1) is 5.10 Å². The number of aromatic nitrogens is 4. The van der Waals surface area contributed by atoms with Gasteiger partial charge in [-0.1, -0.05) is 25.5 Å². The molecule has 1 fully saturated rings. The van der Waals surface area contributed by atoms with E-state index >= 15 is 0 Å². The molecule has 1 aromatic carbocycles. The van der Waals surface area contributed by atoms with Crippen molar-refractivity contribution in [1.29, 1.82) is 0 Å². The number of imide groups is 1. The van der Waals surface area contributed by atoms with Gasteiger partial charge in [-0.25, -0.2) is 9.48 Å². The van der Waals surface area contributed by atoms with Crippen molar-refractivity contribution in [3.63, 3.8) is 0 Å². The zero-order chi connectivity index (χ0) is 20.3. The molecular weight excluding hydrogens is 374 g/mol. The number of nitrogens with zero attached hydrogens (tertiary/aromatic N) is 5. The third-order valence-electron chi connectivity index (χ3n) is 4.56. The van der Waals surface area contributed by atoms with Crippen LogP contribution in [0.2, 0.25) is 0 Å². The third kappa shape index (κ3) is 3.78. The topological polar surface area (TPSA) is 102 Å².